The van der Waals surface area contributed by atoms with Crippen molar-refractivity contribution in [2.45, 2.75) is 38.7 Å². The third-order valence-electron chi connectivity index (χ3n) is 2.98. The summed E-state index contributed by atoms with van der Waals surface area (Å²) in [4.78, 5) is 14.7. The topological polar surface area (TPSA) is 77.3 Å². The van der Waals surface area contributed by atoms with Gasteiger partial charge in [-0.2, -0.15) is 4.98 Å². The average molecular weight is 251 g/mol. The highest BCUT2D eigenvalue weighted by Gasteiger charge is 2.23. The predicted octanol–water partition coefficient (Wildman–Crippen LogP) is 2.74. The zero-order valence-electron chi connectivity index (χ0n) is 10.4. The van der Waals surface area contributed by atoms with Gasteiger partial charge in [0.05, 0.1) is 4.92 Å². The Morgan fingerprint density at radius 3 is 2.83 bits per heavy atom. The van der Waals surface area contributed by atoms with E-state index in [0.717, 1.165) is 25.7 Å². The summed E-state index contributed by atoms with van der Waals surface area (Å²) in [6.45, 7) is 2.66. The molecule has 0 saturated heterocycles. The third kappa shape index (κ3) is 2.88. The molecule has 6 heteroatoms. The van der Waals surface area contributed by atoms with Crippen LogP contribution in [0.2, 0.25) is 0 Å². The molecule has 0 unspecified atom stereocenters. The number of hydrogen-bond donors (Lipinski definition) is 1. The Morgan fingerprint density at radius 1 is 1.50 bits per heavy atom. The van der Waals surface area contributed by atoms with Crippen LogP contribution in [0.25, 0.3) is 0 Å². The second kappa shape index (κ2) is 5.66. The highest BCUT2D eigenvalue weighted by Crippen LogP contribution is 2.30. The monoisotopic (exact) mass is 251 g/mol. The number of ether oxygens (including phenoxy) is 1. The quantitative estimate of drug-likeness (QED) is 0.643. The minimum atomic E-state index is -0.451. The van der Waals surface area contributed by atoms with Gasteiger partial charge in [0.1, 0.15) is 11.9 Å². The fraction of sp³-hybridized carbons (Fsp3) is 0.583. The normalized spacial score (nSPS) is 15.6. The summed E-state index contributed by atoms with van der Waals surface area (Å²) in [5.74, 6) is 0.737. The van der Waals surface area contributed by atoms with E-state index in [0.29, 0.717) is 12.4 Å². The van der Waals surface area contributed by atoms with Crippen LogP contribution in [0.1, 0.15) is 32.6 Å². The first-order valence-corrected chi connectivity index (χ1v) is 6.26. The van der Waals surface area contributed by atoms with Gasteiger partial charge < -0.3 is 10.1 Å². The molecule has 0 spiro atoms. The van der Waals surface area contributed by atoms with Gasteiger partial charge in [0, 0.05) is 12.6 Å². The number of nitrogens with one attached hydrogen (secondary N) is 1. The lowest BCUT2D eigenvalue weighted by atomic mass is 10.3. The van der Waals surface area contributed by atoms with Crippen molar-refractivity contribution in [3.05, 3.63) is 22.2 Å². The van der Waals surface area contributed by atoms with Crippen molar-refractivity contribution in [1.29, 1.82) is 0 Å². The summed E-state index contributed by atoms with van der Waals surface area (Å²) >= 11 is 0. The highest BCUT2D eigenvalue weighted by molar-refractivity contribution is 5.49. The van der Waals surface area contributed by atoms with Gasteiger partial charge in [-0.05, 0) is 38.7 Å². The molecule has 2 rings (SSSR count). The number of nitro groups is 1. The summed E-state index contributed by atoms with van der Waals surface area (Å²) in [5.41, 5.74) is -0.0662. The maximum atomic E-state index is 10.9. The van der Waals surface area contributed by atoms with Gasteiger partial charge >= 0.3 is 5.69 Å². The summed E-state index contributed by atoms with van der Waals surface area (Å²) in [5, 5.41) is 14.0. The Kier molecular flexibility index (Phi) is 3.96. The van der Waals surface area contributed by atoms with Gasteiger partial charge in [-0.3, -0.25) is 10.1 Å². The SMILES string of the molecule is CCNc1ccc([N+](=O)[O-])c(OC2CCCC2)n1. The fourth-order valence-electron chi connectivity index (χ4n) is 2.10. The minimum Gasteiger partial charge on any atom is -0.469 e. The zero-order chi connectivity index (χ0) is 13.0. The fourth-order valence-corrected chi connectivity index (χ4v) is 2.10. The van der Waals surface area contributed by atoms with E-state index in [2.05, 4.69) is 10.3 Å². The van der Waals surface area contributed by atoms with E-state index in [1.165, 1.54) is 6.07 Å². The molecular weight excluding hydrogens is 234 g/mol. The van der Waals surface area contributed by atoms with Gasteiger partial charge in [0.2, 0.25) is 0 Å². The largest absolute Gasteiger partial charge is 0.469 e. The highest BCUT2D eigenvalue weighted by atomic mass is 16.6. The lowest BCUT2D eigenvalue weighted by Gasteiger charge is -2.13. The maximum absolute atomic E-state index is 10.9. The van der Waals surface area contributed by atoms with Gasteiger partial charge in [-0.1, -0.05) is 0 Å². The lowest BCUT2D eigenvalue weighted by molar-refractivity contribution is -0.386. The molecule has 1 aromatic rings. The molecule has 1 saturated carbocycles. The molecule has 1 fully saturated rings. The standard InChI is InChI=1S/C12H17N3O3/c1-2-13-11-8-7-10(15(16)17)12(14-11)18-9-5-3-4-6-9/h7-9H,2-6H2,1H3,(H,13,14). The average Bonchev–Trinajstić information content (AvgIpc) is 2.82. The molecule has 0 amide bonds. The van der Waals surface area contributed by atoms with E-state index in [4.69, 9.17) is 4.74 Å². The first-order chi connectivity index (χ1) is 8.70. The second-order valence-electron chi connectivity index (χ2n) is 4.33. The Hall–Kier alpha value is -1.85. The molecule has 1 aromatic heterocycles. The van der Waals surface area contributed by atoms with E-state index in [1.807, 2.05) is 6.92 Å². The smallest absolute Gasteiger partial charge is 0.331 e. The Bertz CT molecular complexity index is 431. The maximum Gasteiger partial charge on any atom is 0.331 e. The molecule has 6 nitrogen and oxygen atoms in total. The molecule has 0 radical (unpaired) electrons. The summed E-state index contributed by atoms with van der Waals surface area (Å²) < 4.78 is 5.66. The predicted molar refractivity (Wildman–Crippen MR) is 67.9 cm³/mol. The Morgan fingerprint density at radius 2 is 2.22 bits per heavy atom. The zero-order valence-corrected chi connectivity index (χ0v) is 10.4. The van der Waals surface area contributed by atoms with Crippen LogP contribution in [0.15, 0.2) is 12.1 Å². The molecule has 98 valence electrons. The molecule has 0 atom stereocenters. The van der Waals surface area contributed by atoms with Crippen LogP contribution in [0.5, 0.6) is 5.88 Å². The third-order valence-corrected chi connectivity index (χ3v) is 2.98. The van der Waals surface area contributed by atoms with Crippen molar-refractivity contribution in [2.75, 3.05) is 11.9 Å². The molecular formula is C12H17N3O3. The summed E-state index contributed by atoms with van der Waals surface area (Å²) in [7, 11) is 0. The number of hydrogen-bond acceptors (Lipinski definition) is 5. The van der Waals surface area contributed by atoms with Crippen molar-refractivity contribution < 1.29 is 9.66 Å². The van der Waals surface area contributed by atoms with Crippen LogP contribution in [0.3, 0.4) is 0 Å². The molecule has 1 N–H and O–H groups in total. The van der Waals surface area contributed by atoms with Crippen LogP contribution in [-0.2, 0) is 0 Å². The first kappa shape index (κ1) is 12.6. The molecule has 1 aliphatic rings. The number of pyridine rings is 1. The lowest BCUT2D eigenvalue weighted by Crippen LogP contribution is -2.14. The number of nitrogens with zero attached hydrogens (tertiary/aromatic N) is 2. The van der Waals surface area contributed by atoms with E-state index < -0.39 is 4.92 Å². The molecule has 0 aliphatic heterocycles. The van der Waals surface area contributed by atoms with Gasteiger partial charge in [0.25, 0.3) is 5.88 Å². The molecule has 0 bridgehead atoms. The van der Waals surface area contributed by atoms with Crippen LogP contribution in [-0.4, -0.2) is 22.6 Å². The van der Waals surface area contributed by atoms with E-state index in [9.17, 15) is 10.1 Å². The molecule has 1 aliphatic carbocycles. The number of aromatic nitrogens is 1. The van der Waals surface area contributed by atoms with E-state index in [-0.39, 0.29) is 17.7 Å². The van der Waals surface area contributed by atoms with Crippen LogP contribution >= 0.6 is 0 Å². The van der Waals surface area contributed by atoms with E-state index >= 15 is 0 Å². The van der Waals surface area contributed by atoms with Crippen molar-refractivity contribution in [3.63, 3.8) is 0 Å². The molecule has 18 heavy (non-hydrogen) atoms. The number of rotatable bonds is 5. The van der Waals surface area contributed by atoms with Crippen molar-refractivity contribution >= 4 is 11.5 Å². The van der Waals surface area contributed by atoms with Crippen molar-refractivity contribution in [2.24, 2.45) is 0 Å². The van der Waals surface area contributed by atoms with Gasteiger partial charge in [0.15, 0.2) is 0 Å². The first-order valence-electron chi connectivity index (χ1n) is 6.26. The van der Waals surface area contributed by atoms with Crippen LogP contribution in [0, 0.1) is 10.1 Å². The molecule has 1 heterocycles. The van der Waals surface area contributed by atoms with Gasteiger partial charge in [-0.25, -0.2) is 0 Å². The Balaban J connectivity index is 2.21. The van der Waals surface area contributed by atoms with Gasteiger partial charge in [-0.15, -0.1) is 0 Å². The van der Waals surface area contributed by atoms with Crippen LogP contribution < -0.4 is 10.1 Å². The van der Waals surface area contributed by atoms with Crippen molar-refractivity contribution in [3.8, 4) is 5.88 Å². The summed E-state index contributed by atoms with van der Waals surface area (Å²) in [6, 6.07) is 3.04. The second-order valence-corrected chi connectivity index (χ2v) is 4.33. The summed E-state index contributed by atoms with van der Waals surface area (Å²) in [6.07, 6.45) is 4.19. The minimum absolute atomic E-state index is 0.0630. The van der Waals surface area contributed by atoms with Crippen LogP contribution in [0.4, 0.5) is 11.5 Å². The number of anilines is 1. The Labute approximate surface area is 106 Å². The van der Waals surface area contributed by atoms with Crippen molar-refractivity contribution in [1.82, 2.24) is 4.98 Å². The molecule has 0 aromatic carbocycles. The van der Waals surface area contributed by atoms with E-state index in [1.54, 1.807) is 6.07 Å².